The summed E-state index contributed by atoms with van der Waals surface area (Å²) in [7, 11) is 1.84. The molecule has 0 heterocycles. The van der Waals surface area contributed by atoms with Gasteiger partial charge in [0.15, 0.2) is 0 Å². The molecule has 0 saturated carbocycles. The van der Waals surface area contributed by atoms with Crippen LogP contribution in [0.5, 0.6) is 5.75 Å². The van der Waals surface area contributed by atoms with Gasteiger partial charge in [0, 0.05) is 23.2 Å². The lowest BCUT2D eigenvalue weighted by Crippen LogP contribution is -2.14. The highest BCUT2D eigenvalue weighted by molar-refractivity contribution is 5.39. The summed E-state index contributed by atoms with van der Waals surface area (Å²) >= 11 is 0. The van der Waals surface area contributed by atoms with Crippen molar-refractivity contribution in [1.29, 1.82) is 5.26 Å². The fourth-order valence-corrected chi connectivity index (χ4v) is 2.06. The molecule has 0 fully saturated rings. The summed E-state index contributed by atoms with van der Waals surface area (Å²) in [5, 5.41) is 12.2. The zero-order valence-electron chi connectivity index (χ0n) is 12.1. The SMILES string of the molecule is CNC(C)c1ccc(F)cc1OCc1ccccc1C#N. The lowest BCUT2D eigenvalue weighted by molar-refractivity contribution is 0.298. The van der Waals surface area contributed by atoms with Crippen LogP contribution in [0.15, 0.2) is 42.5 Å². The molecule has 0 aliphatic carbocycles. The van der Waals surface area contributed by atoms with Crippen LogP contribution in [-0.4, -0.2) is 7.05 Å². The third-order valence-electron chi connectivity index (χ3n) is 3.40. The highest BCUT2D eigenvalue weighted by Crippen LogP contribution is 2.27. The molecule has 0 bridgehead atoms. The Kier molecular flexibility index (Phi) is 4.91. The summed E-state index contributed by atoms with van der Waals surface area (Å²) < 4.78 is 19.2. The van der Waals surface area contributed by atoms with Gasteiger partial charge in [-0.05, 0) is 26.1 Å². The van der Waals surface area contributed by atoms with Crippen LogP contribution in [0.1, 0.15) is 29.7 Å². The first-order valence-corrected chi connectivity index (χ1v) is 6.73. The zero-order chi connectivity index (χ0) is 15.2. The normalized spacial score (nSPS) is 11.7. The number of benzene rings is 2. The Bertz CT molecular complexity index is 664. The molecule has 4 heteroatoms. The van der Waals surface area contributed by atoms with Gasteiger partial charge in [0.25, 0.3) is 0 Å². The zero-order valence-corrected chi connectivity index (χ0v) is 12.1. The number of nitrogens with zero attached hydrogens (tertiary/aromatic N) is 1. The van der Waals surface area contributed by atoms with Gasteiger partial charge in [-0.2, -0.15) is 5.26 Å². The van der Waals surface area contributed by atoms with Gasteiger partial charge in [-0.1, -0.05) is 24.3 Å². The van der Waals surface area contributed by atoms with Gasteiger partial charge in [-0.25, -0.2) is 4.39 Å². The van der Waals surface area contributed by atoms with Gasteiger partial charge in [0.1, 0.15) is 18.2 Å². The number of hydrogen-bond acceptors (Lipinski definition) is 3. The van der Waals surface area contributed by atoms with Crippen LogP contribution in [0.2, 0.25) is 0 Å². The van der Waals surface area contributed by atoms with Crippen LogP contribution in [-0.2, 0) is 6.61 Å². The average molecular weight is 284 g/mol. The van der Waals surface area contributed by atoms with Gasteiger partial charge >= 0.3 is 0 Å². The maximum absolute atomic E-state index is 13.4. The number of ether oxygens (including phenoxy) is 1. The molecule has 1 atom stereocenters. The van der Waals surface area contributed by atoms with Gasteiger partial charge in [0.05, 0.1) is 11.6 Å². The Morgan fingerprint density at radius 3 is 2.76 bits per heavy atom. The maximum atomic E-state index is 13.4. The molecule has 0 aliphatic heterocycles. The Morgan fingerprint density at radius 2 is 2.05 bits per heavy atom. The lowest BCUT2D eigenvalue weighted by Gasteiger charge is -2.17. The average Bonchev–Trinajstić information content (AvgIpc) is 2.52. The second-order valence-electron chi connectivity index (χ2n) is 4.75. The number of hydrogen-bond donors (Lipinski definition) is 1. The molecule has 0 saturated heterocycles. The summed E-state index contributed by atoms with van der Waals surface area (Å²) in [5.74, 6) is 0.148. The molecule has 108 valence electrons. The second-order valence-corrected chi connectivity index (χ2v) is 4.75. The predicted molar refractivity (Wildman–Crippen MR) is 79.4 cm³/mol. The fraction of sp³-hybridized carbons (Fsp3) is 0.235. The fourth-order valence-electron chi connectivity index (χ4n) is 2.06. The smallest absolute Gasteiger partial charge is 0.127 e. The van der Waals surface area contributed by atoms with Crippen molar-refractivity contribution < 1.29 is 9.13 Å². The van der Waals surface area contributed by atoms with E-state index in [1.165, 1.54) is 12.1 Å². The molecule has 1 unspecified atom stereocenters. The molecule has 1 N–H and O–H groups in total. The standard InChI is InChI=1S/C17H17FN2O/c1-12(20-2)16-8-7-15(18)9-17(16)21-11-14-6-4-3-5-13(14)10-19/h3-9,12,20H,11H2,1-2H3. The predicted octanol–water partition coefficient (Wildman–Crippen LogP) is 3.56. The molecule has 2 aromatic rings. The molecule has 21 heavy (non-hydrogen) atoms. The summed E-state index contributed by atoms with van der Waals surface area (Å²) in [5.41, 5.74) is 2.23. The van der Waals surface area contributed by atoms with E-state index in [2.05, 4.69) is 11.4 Å². The van der Waals surface area contributed by atoms with E-state index in [-0.39, 0.29) is 18.5 Å². The topological polar surface area (TPSA) is 45.0 Å². The lowest BCUT2D eigenvalue weighted by atomic mass is 10.1. The van der Waals surface area contributed by atoms with Crippen molar-refractivity contribution in [2.45, 2.75) is 19.6 Å². The third kappa shape index (κ3) is 3.59. The van der Waals surface area contributed by atoms with Crippen LogP contribution in [0.3, 0.4) is 0 Å². The van der Waals surface area contributed by atoms with E-state index < -0.39 is 0 Å². The first-order chi connectivity index (χ1) is 10.2. The van der Waals surface area contributed by atoms with E-state index in [0.29, 0.717) is 11.3 Å². The minimum absolute atomic E-state index is 0.0480. The monoisotopic (exact) mass is 284 g/mol. The quantitative estimate of drug-likeness (QED) is 0.913. The Balaban J connectivity index is 2.23. The minimum Gasteiger partial charge on any atom is -0.488 e. The third-order valence-corrected chi connectivity index (χ3v) is 3.40. The highest BCUT2D eigenvalue weighted by Gasteiger charge is 2.12. The van der Waals surface area contributed by atoms with E-state index in [0.717, 1.165) is 11.1 Å². The summed E-state index contributed by atoms with van der Waals surface area (Å²) in [6.07, 6.45) is 0. The van der Waals surface area contributed by atoms with Gasteiger partial charge in [-0.3, -0.25) is 0 Å². The molecule has 3 nitrogen and oxygen atoms in total. The molecule has 0 aliphatic rings. The molecule has 0 spiro atoms. The van der Waals surface area contributed by atoms with Crippen molar-refractivity contribution in [2.24, 2.45) is 0 Å². The number of nitrogens with one attached hydrogen (secondary N) is 1. The van der Waals surface area contributed by atoms with Crippen LogP contribution >= 0.6 is 0 Å². The first kappa shape index (κ1) is 15.0. The molecular weight excluding hydrogens is 267 g/mol. The number of nitriles is 1. The van der Waals surface area contributed by atoms with Crippen LogP contribution in [0, 0.1) is 17.1 Å². The van der Waals surface area contributed by atoms with Crippen molar-refractivity contribution in [2.75, 3.05) is 7.05 Å². The molecule has 0 amide bonds. The minimum atomic E-state index is -0.342. The Morgan fingerprint density at radius 1 is 1.29 bits per heavy atom. The maximum Gasteiger partial charge on any atom is 0.127 e. The van der Waals surface area contributed by atoms with E-state index in [1.807, 2.05) is 26.1 Å². The van der Waals surface area contributed by atoms with Crippen molar-refractivity contribution in [1.82, 2.24) is 5.32 Å². The van der Waals surface area contributed by atoms with Gasteiger partial charge in [0.2, 0.25) is 0 Å². The Hall–Kier alpha value is -2.38. The molecule has 0 aromatic heterocycles. The number of halogens is 1. The van der Waals surface area contributed by atoms with E-state index in [1.54, 1.807) is 18.2 Å². The van der Waals surface area contributed by atoms with Crippen molar-refractivity contribution >= 4 is 0 Å². The summed E-state index contributed by atoms with van der Waals surface area (Å²) in [6.45, 7) is 2.21. The molecule has 0 radical (unpaired) electrons. The first-order valence-electron chi connectivity index (χ1n) is 6.73. The van der Waals surface area contributed by atoms with Crippen LogP contribution in [0.4, 0.5) is 4.39 Å². The van der Waals surface area contributed by atoms with Gasteiger partial charge < -0.3 is 10.1 Å². The molecular formula is C17H17FN2O. The van der Waals surface area contributed by atoms with E-state index >= 15 is 0 Å². The van der Waals surface area contributed by atoms with E-state index in [4.69, 9.17) is 10.00 Å². The van der Waals surface area contributed by atoms with Crippen LogP contribution < -0.4 is 10.1 Å². The molecule has 2 aromatic carbocycles. The molecule has 2 rings (SSSR count). The van der Waals surface area contributed by atoms with Gasteiger partial charge in [-0.15, -0.1) is 0 Å². The summed E-state index contributed by atoms with van der Waals surface area (Å²) in [4.78, 5) is 0. The van der Waals surface area contributed by atoms with Crippen molar-refractivity contribution in [3.05, 3.63) is 65.0 Å². The van der Waals surface area contributed by atoms with Crippen LogP contribution in [0.25, 0.3) is 0 Å². The highest BCUT2D eigenvalue weighted by atomic mass is 19.1. The largest absolute Gasteiger partial charge is 0.488 e. The summed E-state index contributed by atoms with van der Waals surface area (Å²) in [6, 6.07) is 13.9. The van der Waals surface area contributed by atoms with Crippen molar-refractivity contribution in [3.8, 4) is 11.8 Å². The Labute approximate surface area is 124 Å². The van der Waals surface area contributed by atoms with E-state index in [9.17, 15) is 4.39 Å². The van der Waals surface area contributed by atoms with Crippen molar-refractivity contribution in [3.63, 3.8) is 0 Å². The second kappa shape index (κ2) is 6.87. The number of rotatable bonds is 5.